The first-order chi connectivity index (χ1) is 9.02. The molecule has 1 fully saturated rings. The van der Waals surface area contributed by atoms with Gasteiger partial charge in [0.2, 0.25) is 0 Å². The molecule has 0 bridgehead atoms. The summed E-state index contributed by atoms with van der Waals surface area (Å²) in [5, 5.41) is 6.61. The number of anilines is 1. The van der Waals surface area contributed by atoms with Crippen molar-refractivity contribution in [1.82, 2.24) is 14.9 Å². The van der Waals surface area contributed by atoms with Crippen molar-refractivity contribution in [1.29, 1.82) is 0 Å². The van der Waals surface area contributed by atoms with Crippen LogP contribution >= 0.6 is 0 Å². The first-order valence-corrected chi connectivity index (χ1v) is 7.04. The molecule has 2 rings (SSSR count). The minimum absolute atomic E-state index is 0.0324. The molecule has 0 saturated carbocycles. The minimum atomic E-state index is -0.0324. The van der Waals surface area contributed by atoms with E-state index in [1.165, 1.54) is 0 Å². The Bertz CT molecular complexity index is 475. The third-order valence-corrected chi connectivity index (χ3v) is 3.92. The van der Waals surface area contributed by atoms with Gasteiger partial charge in [0.15, 0.2) is 5.82 Å². The van der Waals surface area contributed by atoms with E-state index in [2.05, 4.69) is 22.5 Å². The van der Waals surface area contributed by atoms with Crippen LogP contribution in [0.3, 0.4) is 0 Å². The van der Waals surface area contributed by atoms with Crippen molar-refractivity contribution >= 4 is 5.82 Å². The van der Waals surface area contributed by atoms with E-state index in [4.69, 9.17) is 0 Å². The SMILES string of the molecule is CC(C)n1ccnc(NCC2(C)CCNCC2)c1=O. The van der Waals surface area contributed by atoms with Crippen LogP contribution in [0.5, 0.6) is 0 Å². The summed E-state index contributed by atoms with van der Waals surface area (Å²) in [5.41, 5.74) is 0.216. The molecule has 1 aliphatic heterocycles. The first kappa shape index (κ1) is 14.1. The van der Waals surface area contributed by atoms with Gasteiger partial charge in [-0.25, -0.2) is 4.98 Å². The summed E-state index contributed by atoms with van der Waals surface area (Å²) in [7, 11) is 0. The number of piperidine rings is 1. The van der Waals surface area contributed by atoms with E-state index in [1.807, 2.05) is 13.8 Å². The molecule has 106 valence electrons. The Balaban J connectivity index is 2.07. The smallest absolute Gasteiger partial charge is 0.293 e. The molecule has 1 aromatic rings. The van der Waals surface area contributed by atoms with Crippen molar-refractivity contribution in [3.05, 3.63) is 22.7 Å². The Morgan fingerprint density at radius 3 is 2.79 bits per heavy atom. The average Bonchev–Trinajstić information content (AvgIpc) is 2.38. The Morgan fingerprint density at radius 1 is 1.47 bits per heavy atom. The molecule has 0 aliphatic carbocycles. The number of rotatable bonds is 4. The highest BCUT2D eigenvalue weighted by atomic mass is 16.1. The molecule has 19 heavy (non-hydrogen) atoms. The van der Waals surface area contributed by atoms with Gasteiger partial charge in [-0.1, -0.05) is 6.92 Å². The molecule has 2 N–H and O–H groups in total. The Hall–Kier alpha value is -1.36. The van der Waals surface area contributed by atoms with Crippen molar-refractivity contribution in [2.24, 2.45) is 5.41 Å². The van der Waals surface area contributed by atoms with E-state index >= 15 is 0 Å². The second-order valence-corrected chi connectivity index (χ2v) is 6.00. The van der Waals surface area contributed by atoms with Gasteiger partial charge in [-0.05, 0) is 45.2 Å². The monoisotopic (exact) mass is 264 g/mol. The molecule has 1 aliphatic rings. The van der Waals surface area contributed by atoms with Crippen LogP contribution in [0.4, 0.5) is 5.82 Å². The Morgan fingerprint density at radius 2 is 2.16 bits per heavy atom. The van der Waals surface area contributed by atoms with E-state index < -0.39 is 0 Å². The summed E-state index contributed by atoms with van der Waals surface area (Å²) in [6, 6.07) is 0.158. The van der Waals surface area contributed by atoms with Gasteiger partial charge < -0.3 is 15.2 Å². The maximum atomic E-state index is 12.2. The zero-order chi connectivity index (χ0) is 13.9. The molecule has 5 heteroatoms. The second kappa shape index (κ2) is 5.74. The summed E-state index contributed by atoms with van der Waals surface area (Å²) in [4.78, 5) is 16.4. The van der Waals surface area contributed by atoms with E-state index in [1.54, 1.807) is 17.0 Å². The van der Waals surface area contributed by atoms with Crippen LogP contribution in [-0.2, 0) is 0 Å². The predicted molar refractivity (Wildman–Crippen MR) is 77.6 cm³/mol. The first-order valence-electron chi connectivity index (χ1n) is 7.04. The normalized spacial score (nSPS) is 18.5. The number of nitrogens with one attached hydrogen (secondary N) is 2. The van der Waals surface area contributed by atoms with Crippen LogP contribution in [0.15, 0.2) is 17.2 Å². The topological polar surface area (TPSA) is 59.0 Å². The van der Waals surface area contributed by atoms with E-state index in [0.717, 1.165) is 32.5 Å². The largest absolute Gasteiger partial charge is 0.365 e. The minimum Gasteiger partial charge on any atom is -0.365 e. The zero-order valence-electron chi connectivity index (χ0n) is 12.1. The summed E-state index contributed by atoms with van der Waals surface area (Å²) < 4.78 is 1.71. The summed E-state index contributed by atoms with van der Waals surface area (Å²) in [5.74, 6) is 0.468. The predicted octanol–water partition coefficient (Wildman–Crippen LogP) is 1.63. The van der Waals surface area contributed by atoms with E-state index in [-0.39, 0.29) is 17.0 Å². The highest BCUT2D eigenvalue weighted by Gasteiger charge is 2.26. The highest BCUT2D eigenvalue weighted by Crippen LogP contribution is 2.27. The van der Waals surface area contributed by atoms with Crippen molar-refractivity contribution in [3.63, 3.8) is 0 Å². The van der Waals surface area contributed by atoms with E-state index in [0.29, 0.717) is 5.82 Å². The zero-order valence-corrected chi connectivity index (χ0v) is 12.1. The molecule has 0 radical (unpaired) electrons. The highest BCUT2D eigenvalue weighted by molar-refractivity contribution is 5.31. The van der Waals surface area contributed by atoms with Gasteiger partial charge in [0.25, 0.3) is 5.56 Å². The lowest BCUT2D eigenvalue weighted by molar-refractivity contribution is 0.247. The fourth-order valence-electron chi connectivity index (χ4n) is 2.46. The van der Waals surface area contributed by atoms with Crippen LogP contribution in [-0.4, -0.2) is 29.2 Å². The van der Waals surface area contributed by atoms with Crippen LogP contribution in [0, 0.1) is 5.41 Å². The van der Waals surface area contributed by atoms with Crippen LogP contribution in [0.1, 0.15) is 39.7 Å². The van der Waals surface area contributed by atoms with Crippen LogP contribution in [0.25, 0.3) is 0 Å². The number of aromatic nitrogens is 2. The molecule has 5 nitrogen and oxygen atoms in total. The standard InChI is InChI=1S/C14H24N4O/c1-11(2)18-9-8-16-12(13(18)19)17-10-14(3)4-6-15-7-5-14/h8-9,11,15H,4-7,10H2,1-3H3,(H,16,17). The lowest BCUT2D eigenvalue weighted by Crippen LogP contribution is -2.40. The van der Waals surface area contributed by atoms with Crippen molar-refractivity contribution < 1.29 is 0 Å². The Kier molecular flexibility index (Phi) is 4.24. The van der Waals surface area contributed by atoms with Gasteiger partial charge in [-0.15, -0.1) is 0 Å². The quantitative estimate of drug-likeness (QED) is 0.867. The molecule has 2 heterocycles. The maximum Gasteiger partial charge on any atom is 0.293 e. The van der Waals surface area contributed by atoms with Crippen molar-refractivity contribution in [3.8, 4) is 0 Å². The maximum absolute atomic E-state index is 12.2. The van der Waals surface area contributed by atoms with Gasteiger partial charge in [0, 0.05) is 25.0 Å². The molecular weight excluding hydrogens is 240 g/mol. The molecule has 0 aromatic carbocycles. The summed E-state index contributed by atoms with van der Waals surface area (Å²) in [6.45, 7) is 9.18. The Labute approximate surface area is 114 Å². The van der Waals surface area contributed by atoms with Gasteiger partial charge >= 0.3 is 0 Å². The summed E-state index contributed by atoms with van der Waals surface area (Å²) in [6.07, 6.45) is 5.69. The van der Waals surface area contributed by atoms with Crippen LogP contribution < -0.4 is 16.2 Å². The molecular formula is C14H24N4O. The number of nitrogens with zero attached hydrogens (tertiary/aromatic N) is 2. The van der Waals surface area contributed by atoms with Gasteiger partial charge in [-0.2, -0.15) is 0 Å². The second-order valence-electron chi connectivity index (χ2n) is 6.00. The van der Waals surface area contributed by atoms with Gasteiger partial charge in [0.1, 0.15) is 0 Å². The molecule has 0 amide bonds. The third kappa shape index (κ3) is 3.35. The van der Waals surface area contributed by atoms with Gasteiger partial charge in [-0.3, -0.25) is 4.79 Å². The fraction of sp³-hybridized carbons (Fsp3) is 0.714. The number of hydrogen-bond donors (Lipinski definition) is 2. The average molecular weight is 264 g/mol. The molecule has 0 atom stereocenters. The van der Waals surface area contributed by atoms with Crippen molar-refractivity contribution in [2.75, 3.05) is 25.0 Å². The molecule has 0 unspecified atom stereocenters. The summed E-state index contributed by atoms with van der Waals surface area (Å²) >= 11 is 0. The van der Waals surface area contributed by atoms with E-state index in [9.17, 15) is 4.79 Å². The lowest BCUT2D eigenvalue weighted by Gasteiger charge is -2.34. The molecule has 1 saturated heterocycles. The molecule has 1 aromatic heterocycles. The fourth-order valence-corrected chi connectivity index (χ4v) is 2.46. The third-order valence-electron chi connectivity index (χ3n) is 3.92. The van der Waals surface area contributed by atoms with Crippen molar-refractivity contribution in [2.45, 2.75) is 39.7 Å². The van der Waals surface area contributed by atoms with Gasteiger partial charge in [0.05, 0.1) is 0 Å². The molecule has 0 spiro atoms. The number of hydrogen-bond acceptors (Lipinski definition) is 4. The van der Waals surface area contributed by atoms with Crippen LogP contribution in [0.2, 0.25) is 0 Å². The lowest BCUT2D eigenvalue weighted by atomic mass is 9.81.